The average Bonchev–Trinajstić information content (AvgIpc) is 2.44. The molecular formula is C16H20F3NO3. The van der Waals surface area contributed by atoms with E-state index in [1.54, 1.807) is 6.92 Å². The van der Waals surface area contributed by atoms with E-state index in [0.29, 0.717) is 5.56 Å². The van der Waals surface area contributed by atoms with E-state index in [-0.39, 0.29) is 24.8 Å². The molecule has 128 valence electrons. The summed E-state index contributed by atoms with van der Waals surface area (Å²) in [5.41, 5.74) is -1.19. The summed E-state index contributed by atoms with van der Waals surface area (Å²) in [5, 5.41) is 11.5. The molecule has 0 aliphatic heterocycles. The van der Waals surface area contributed by atoms with E-state index >= 15 is 0 Å². The molecule has 1 amide bonds. The molecule has 1 aromatic carbocycles. The Hall–Kier alpha value is -2.05. The minimum absolute atomic E-state index is 0.0130. The lowest BCUT2D eigenvalue weighted by molar-refractivity contribution is -0.146. The van der Waals surface area contributed by atoms with Gasteiger partial charge in [0, 0.05) is 13.0 Å². The maximum Gasteiger partial charge on any atom is 0.416 e. The molecule has 0 saturated heterocycles. The number of hydrogen-bond donors (Lipinski definition) is 2. The predicted molar refractivity (Wildman–Crippen MR) is 78.9 cm³/mol. The van der Waals surface area contributed by atoms with Crippen molar-refractivity contribution in [1.82, 2.24) is 5.32 Å². The van der Waals surface area contributed by atoms with Gasteiger partial charge in [-0.1, -0.05) is 19.1 Å². The zero-order valence-electron chi connectivity index (χ0n) is 13.2. The second-order valence-corrected chi connectivity index (χ2v) is 6.19. The van der Waals surface area contributed by atoms with Crippen molar-refractivity contribution >= 4 is 11.9 Å². The third-order valence-corrected chi connectivity index (χ3v) is 3.61. The maximum atomic E-state index is 12.5. The molecule has 0 spiro atoms. The molecule has 1 aromatic rings. The number of carbonyl (C=O) groups excluding carboxylic acids is 1. The molecule has 1 unspecified atom stereocenters. The van der Waals surface area contributed by atoms with Crippen molar-refractivity contribution in [2.24, 2.45) is 5.41 Å². The molecule has 7 heteroatoms. The number of amides is 1. The van der Waals surface area contributed by atoms with Crippen molar-refractivity contribution in [3.05, 3.63) is 35.4 Å². The Bertz CT molecular complexity index is 565. The zero-order chi connectivity index (χ0) is 17.8. The van der Waals surface area contributed by atoms with Crippen LogP contribution in [0.1, 0.15) is 44.2 Å². The topological polar surface area (TPSA) is 66.4 Å². The second kappa shape index (κ2) is 7.02. The van der Waals surface area contributed by atoms with Crippen LogP contribution in [0.25, 0.3) is 0 Å². The number of nitrogens with one attached hydrogen (secondary N) is 1. The number of aliphatic carboxylic acids is 1. The lowest BCUT2D eigenvalue weighted by Crippen LogP contribution is -2.39. The van der Waals surface area contributed by atoms with Crippen LogP contribution in [0.3, 0.4) is 0 Å². The van der Waals surface area contributed by atoms with Crippen LogP contribution in [0, 0.1) is 5.41 Å². The average molecular weight is 331 g/mol. The molecule has 4 nitrogen and oxygen atoms in total. The zero-order valence-corrected chi connectivity index (χ0v) is 13.2. The first-order valence-corrected chi connectivity index (χ1v) is 7.11. The van der Waals surface area contributed by atoms with Crippen LogP contribution in [0.4, 0.5) is 13.2 Å². The number of hydrogen-bond acceptors (Lipinski definition) is 2. The van der Waals surface area contributed by atoms with Crippen LogP contribution in [-0.2, 0) is 15.8 Å². The van der Waals surface area contributed by atoms with Gasteiger partial charge in [-0.05, 0) is 37.5 Å². The van der Waals surface area contributed by atoms with E-state index in [4.69, 9.17) is 5.11 Å². The first kappa shape index (κ1) is 19.0. The number of alkyl halides is 3. The highest BCUT2D eigenvalue weighted by Gasteiger charge is 2.30. The standard InChI is InChI=1S/C16H20F3NO3/c1-10(8-13(21)20-9-15(2,3)14(22)23)11-4-6-12(7-5-11)16(17,18)19/h4-7,10H,8-9H2,1-3H3,(H,20,21)(H,22,23). The van der Waals surface area contributed by atoms with Crippen molar-refractivity contribution in [3.8, 4) is 0 Å². The number of benzene rings is 1. The summed E-state index contributed by atoms with van der Waals surface area (Å²) >= 11 is 0. The van der Waals surface area contributed by atoms with Gasteiger partial charge in [-0.25, -0.2) is 0 Å². The Kier molecular flexibility index (Phi) is 5.80. The van der Waals surface area contributed by atoms with E-state index in [1.807, 2.05) is 0 Å². The Morgan fingerprint density at radius 2 is 1.70 bits per heavy atom. The quantitative estimate of drug-likeness (QED) is 0.839. The fourth-order valence-electron chi connectivity index (χ4n) is 1.86. The van der Waals surface area contributed by atoms with Crippen LogP contribution in [0.5, 0.6) is 0 Å². The largest absolute Gasteiger partial charge is 0.481 e. The second-order valence-electron chi connectivity index (χ2n) is 6.19. The monoisotopic (exact) mass is 331 g/mol. The van der Waals surface area contributed by atoms with Crippen molar-refractivity contribution in [1.29, 1.82) is 0 Å². The Balaban J connectivity index is 2.60. The molecule has 0 heterocycles. The Labute approximate surface area is 132 Å². The lowest BCUT2D eigenvalue weighted by atomic mass is 9.93. The summed E-state index contributed by atoms with van der Waals surface area (Å²) in [6.07, 6.45) is -4.32. The number of halogens is 3. The first-order valence-electron chi connectivity index (χ1n) is 7.11. The van der Waals surface area contributed by atoms with Crippen molar-refractivity contribution in [3.63, 3.8) is 0 Å². The molecule has 1 rings (SSSR count). The summed E-state index contributed by atoms with van der Waals surface area (Å²) in [7, 11) is 0. The molecule has 0 aliphatic rings. The van der Waals surface area contributed by atoms with Gasteiger partial charge < -0.3 is 10.4 Å². The SMILES string of the molecule is CC(CC(=O)NCC(C)(C)C(=O)O)c1ccc(C(F)(F)F)cc1. The Morgan fingerprint density at radius 3 is 2.13 bits per heavy atom. The molecule has 2 N–H and O–H groups in total. The number of carboxylic acids is 1. The van der Waals surface area contributed by atoms with Gasteiger partial charge in [0.1, 0.15) is 0 Å². The fourth-order valence-corrected chi connectivity index (χ4v) is 1.86. The summed E-state index contributed by atoms with van der Waals surface area (Å²) < 4.78 is 37.5. The molecule has 23 heavy (non-hydrogen) atoms. The van der Waals surface area contributed by atoms with Crippen LogP contribution in [-0.4, -0.2) is 23.5 Å². The number of rotatable bonds is 6. The van der Waals surface area contributed by atoms with Gasteiger partial charge in [0.15, 0.2) is 0 Å². The lowest BCUT2D eigenvalue weighted by Gasteiger charge is -2.20. The van der Waals surface area contributed by atoms with Gasteiger partial charge in [0.25, 0.3) is 0 Å². The van der Waals surface area contributed by atoms with E-state index in [2.05, 4.69) is 5.32 Å². The molecule has 0 radical (unpaired) electrons. The van der Waals surface area contributed by atoms with Crippen molar-refractivity contribution < 1.29 is 27.9 Å². The van der Waals surface area contributed by atoms with Gasteiger partial charge in [-0.15, -0.1) is 0 Å². The van der Waals surface area contributed by atoms with Crippen LogP contribution < -0.4 is 5.32 Å². The summed E-state index contributed by atoms with van der Waals surface area (Å²) in [6.45, 7) is 4.70. The normalized spacial score (nSPS) is 13.5. The van der Waals surface area contributed by atoms with E-state index in [9.17, 15) is 22.8 Å². The first-order chi connectivity index (χ1) is 10.4. The van der Waals surface area contributed by atoms with Crippen LogP contribution in [0.2, 0.25) is 0 Å². The van der Waals surface area contributed by atoms with Crippen LogP contribution in [0.15, 0.2) is 24.3 Å². The maximum absolute atomic E-state index is 12.5. The number of carbonyl (C=O) groups is 2. The number of carboxylic acid groups (broad SMARTS) is 1. The molecule has 1 atom stereocenters. The van der Waals surface area contributed by atoms with E-state index in [0.717, 1.165) is 12.1 Å². The van der Waals surface area contributed by atoms with Gasteiger partial charge in [-0.2, -0.15) is 13.2 Å². The Morgan fingerprint density at radius 1 is 1.17 bits per heavy atom. The van der Waals surface area contributed by atoms with E-state index in [1.165, 1.54) is 26.0 Å². The minimum atomic E-state index is -4.39. The predicted octanol–water partition coefficient (Wildman–Crippen LogP) is 3.43. The molecule has 0 saturated carbocycles. The van der Waals surface area contributed by atoms with Crippen LogP contribution >= 0.6 is 0 Å². The molecule has 0 aliphatic carbocycles. The third-order valence-electron chi connectivity index (χ3n) is 3.61. The fraction of sp³-hybridized carbons (Fsp3) is 0.500. The van der Waals surface area contributed by atoms with E-state index < -0.39 is 23.1 Å². The summed E-state index contributed by atoms with van der Waals surface area (Å²) in [4.78, 5) is 22.8. The molecule has 0 aromatic heterocycles. The molecule has 0 bridgehead atoms. The van der Waals surface area contributed by atoms with Gasteiger partial charge in [0.05, 0.1) is 11.0 Å². The van der Waals surface area contributed by atoms with Gasteiger partial charge in [0.2, 0.25) is 5.91 Å². The summed E-state index contributed by atoms with van der Waals surface area (Å²) in [5.74, 6) is -1.63. The van der Waals surface area contributed by atoms with Crippen molar-refractivity contribution in [2.75, 3.05) is 6.54 Å². The molecule has 0 fully saturated rings. The third kappa shape index (κ3) is 5.58. The smallest absolute Gasteiger partial charge is 0.416 e. The highest BCUT2D eigenvalue weighted by Crippen LogP contribution is 2.30. The minimum Gasteiger partial charge on any atom is -0.481 e. The highest BCUT2D eigenvalue weighted by atomic mass is 19.4. The van der Waals surface area contributed by atoms with Gasteiger partial charge in [-0.3, -0.25) is 9.59 Å². The highest BCUT2D eigenvalue weighted by molar-refractivity contribution is 5.79. The van der Waals surface area contributed by atoms with Crippen molar-refractivity contribution in [2.45, 2.75) is 39.3 Å². The molecular weight excluding hydrogens is 311 g/mol. The summed E-state index contributed by atoms with van der Waals surface area (Å²) in [6, 6.07) is 4.67. The van der Waals surface area contributed by atoms with Gasteiger partial charge >= 0.3 is 12.1 Å².